The molecule has 1 heterocycles. The summed E-state index contributed by atoms with van der Waals surface area (Å²) in [6, 6.07) is 21.2. The van der Waals surface area contributed by atoms with Gasteiger partial charge in [0.15, 0.2) is 0 Å². The number of hydrogen-bond acceptors (Lipinski definition) is 3. The Balaban J connectivity index is 1.51. The second-order valence-electron chi connectivity index (χ2n) is 5.60. The second kappa shape index (κ2) is 8.96. The van der Waals surface area contributed by atoms with E-state index < -0.39 is 0 Å². The molecule has 0 unspecified atom stereocenters. The van der Waals surface area contributed by atoms with Gasteiger partial charge in [0.25, 0.3) is 0 Å². The number of pyridine rings is 1. The molecule has 3 aromatic rings. The van der Waals surface area contributed by atoms with Crippen LogP contribution in [0.2, 0.25) is 0 Å². The molecule has 0 bridgehead atoms. The number of rotatable bonds is 5. The number of carbonyl (C=O) groups is 2. The maximum atomic E-state index is 12.0. The maximum absolute atomic E-state index is 12.0. The van der Waals surface area contributed by atoms with Crippen LogP contribution < -0.4 is 16.0 Å². The van der Waals surface area contributed by atoms with E-state index in [0.29, 0.717) is 22.8 Å². The first-order chi connectivity index (χ1) is 13.2. The first-order valence-electron chi connectivity index (χ1n) is 8.32. The largest absolute Gasteiger partial charge is 0.323 e. The van der Waals surface area contributed by atoms with Gasteiger partial charge in [0.05, 0.1) is 5.69 Å². The predicted molar refractivity (Wildman–Crippen MR) is 107 cm³/mol. The Labute approximate surface area is 157 Å². The van der Waals surface area contributed by atoms with E-state index in [0.717, 1.165) is 0 Å². The van der Waals surface area contributed by atoms with Crippen molar-refractivity contribution in [3.8, 4) is 0 Å². The van der Waals surface area contributed by atoms with E-state index in [2.05, 4.69) is 20.9 Å². The van der Waals surface area contributed by atoms with Crippen LogP contribution in [0.3, 0.4) is 0 Å². The second-order valence-corrected chi connectivity index (χ2v) is 5.60. The molecule has 0 radical (unpaired) electrons. The van der Waals surface area contributed by atoms with Crippen molar-refractivity contribution >= 4 is 35.1 Å². The fraction of sp³-hybridized carbons (Fsp3) is 0. The third-order valence-electron chi connectivity index (χ3n) is 3.54. The number of para-hydroxylation sites is 1. The third-order valence-corrected chi connectivity index (χ3v) is 3.54. The van der Waals surface area contributed by atoms with Crippen LogP contribution in [0.4, 0.5) is 21.9 Å². The van der Waals surface area contributed by atoms with Crippen molar-refractivity contribution in [3.05, 3.63) is 90.8 Å². The minimum Gasteiger partial charge on any atom is -0.323 e. The van der Waals surface area contributed by atoms with Gasteiger partial charge in [-0.3, -0.25) is 9.78 Å². The molecule has 3 rings (SSSR count). The molecule has 27 heavy (non-hydrogen) atoms. The van der Waals surface area contributed by atoms with Crippen molar-refractivity contribution < 1.29 is 9.59 Å². The molecule has 0 saturated carbocycles. The topological polar surface area (TPSA) is 83.1 Å². The summed E-state index contributed by atoms with van der Waals surface area (Å²) in [6.45, 7) is 0. The lowest BCUT2D eigenvalue weighted by Crippen LogP contribution is -2.19. The highest BCUT2D eigenvalue weighted by atomic mass is 16.2. The molecule has 6 heteroatoms. The van der Waals surface area contributed by atoms with E-state index >= 15 is 0 Å². The first-order valence-corrected chi connectivity index (χ1v) is 8.32. The molecule has 0 saturated heterocycles. The van der Waals surface area contributed by atoms with Gasteiger partial charge in [-0.25, -0.2) is 4.79 Å². The van der Waals surface area contributed by atoms with Crippen molar-refractivity contribution in [2.24, 2.45) is 0 Å². The fourth-order valence-electron chi connectivity index (χ4n) is 2.27. The molecule has 0 spiro atoms. The summed E-state index contributed by atoms with van der Waals surface area (Å²) in [6.07, 6.45) is 4.72. The monoisotopic (exact) mass is 358 g/mol. The van der Waals surface area contributed by atoms with E-state index in [1.165, 1.54) is 6.08 Å². The lowest BCUT2D eigenvalue weighted by molar-refractivity contribution is -0.111. The summed E-state index contributed by atoms with van der Waals surface area (Å²) >= 11 is 0. The Hall–Kier alpha value is -3.93. The van der Waals surface area contributed by atoms with Gasteiger partial charge in [-0.05, 0) is 54.6 Å². The number of aromatic nitrogens is 1. The van der Waals surface area contributed by atoms with Crippen molar-refractivity contribution in [1.29, 1.82) is 0 Å². The summed E-state index contributed by atoms with van der Waals surface area (Å²) in [5, 5.41) is 8.22. The molecule has 6 nitrogen and oxygen atoms in total. The first kappa shape index (κ1) is 17.9. The molecule has 0 fully saturated rings. The van der Waals surface area contributed by atoms with Gasteiger partial charge in [0.2, 0.25) is 5.91 Å². The molecule has 0 aliphatic carbocycles. The van der Waals surface area contributed by atoms with Crippen molar-refractivity contribution in [2.75, 3.05) is 16.0 Å². The summed E-state index contributed by atoms with van der Waals surface area (Å²) in [4.78, 5) is 28.0. The molecule has 0 aliphatic heterocycles. The van der Waals surface area contributed by atoms with E-state index in [4.69, 9.17) is 0 Å². The van der Waals surface area contributed by atoms with Crippen LogP contribution in [0.25, 0.3) is 6.08 Å². The van der Waals surface area contributed by atoms with Crippen LogP contribution in [0.15, 0.2) is 85.1 Å². The van der Waals surface area contributed by atoms with Gasteiger partial charge < -0.3 is 16.0 Å². The van der Waals surface area contributed by atoms with Gasteiger partial charge in [0.1, 0.15) is 0 Å². The maximum Gasteiger partial charge on any atom is 0.323 e. The lowest BCUT2D eigenvalue weighted by atomic mass is 10.2. The average Bonchev–Trinajstić information content (AvgIpc) is 2.69. The molecule has 3 amide bonds. The number of carbonyl (C=O) groups excluding carboxylic acids is 2. The summed E-state index contributed by atoms with van der Waals surface area (Å²) in [7, 11) is 0. The third kappa shape index (κ3) is 5.82. The lowest BCUT2D eigenvalue weighted by Gasteiger charge is -2.08. The molecule has 3 N–H and O–H groups in total. The van der Waals surface area contributed by atoms with Crippen LogP contribution in [0.5, 0.6) is 0 Å². The van der Waals surface area contributed by atoms with Crippen LogP contribution in [-0.2, 0) is 4.79 Å². The van der Waals surface area contributed by atoms with Gasteiger partial charge in [0, 0.05) is 29.3 Å². The Morgan fingerprint density at radius 2 is 1.30 bits per heavy atom. The highest BCUT2D eigenvalue weighted by Gasteiger charge is 2.03. The van der Waals surface area contributed by atoms with Gasteiger partial charge >= 0.3 is 6.03 Å². The quantitative estimate of drug-likeness (QED) is 0.592. The van der Waals surface area contributed by atoms with Crippen molar-refractivity contribution in [3.63, 3.8) is 0 Å². The standard InChI is InChI=1S/C21H18N4O2/c26-20(14-13-16-6-4-5-15-22-16)23-18-9-11-19(12-10-18)25-21(27)24-17-7-2-1-3-8-17/h1-15H,(H,23,26)(H2,24,25,27)/b14-13+. The average molecular weight is 358 g/mol. The van der Waals surface area contributed by atoms with E-state index in [1.807, 2.05) is 36.4 Å². The van der Waals surface area contributed by atoms with Gasteiger partial charge in [-0.1, -0.05) is 24.3 Å². The summed E-state index contributed by atoms with van der Waals surface area (Å²) < 4.78 is 0. The smallest absolute Gasteiger partial charge is 0.323 e. The van der Waals surface area contributed by atoms with Crippen LogP contribution >= 0.6 is 0 Å². The number of amides is 3. The van der Waals surface area contributed by atoms with E-state index in [1.54, 1.807) is 48.7 Å². The van der Waals surface area contributed by atoms with Crippen LogP contribution in [-0.4, -0.2) is 16.9 Å². The number of urea groups is 1. The minimum atomic E-state index is -0.337. The highest BCUT2D eigenvalue weighted by molar-refractivity contribution is 6.02. The zero-order valence-corrected chi connectivity index (χ0v) is 14.4. The Morgan fingerprint density at radius 1 is 0.704 bits per heavy atom. The molecular weight excluding hydrogens is 340 g/mol. The van der Waals surface area contributed by atoms with Gasteiger partial charge in [-0.2, -0.15) is 0 Å². The SMILES string of the molecule is O=C(/C=C/c1ccccn1)Nc1ccc(NC(=O)Nc2ccccc2)cc1. The fourth-order valence-corrected chi connectivity index (χ4v) is 2.27. The molecule has 2 aromatic carbocycles. The minimum absolute atomic E-state index is 0.261. The molecular formula is C21H18N4O2. The van der Waals surface area contributed by atoms with Crippen LogP contribution in [0, 0.1) is 0 Å². The summed E-state index contributed by atoms with van der Waals surface area (Å²) in [5.74, 6) is -0.261. The Morgan fingerprint density at radius 3 is 1.93 bits per heavy atom. The van der Waals surface area contributed by atoms with E-state index in [-0.39, 0.29) is 11.9 Å². The Kier molecular flexibility index (Phi) is 5.93. The molecule has 134 valence electrons. The number of nitrogens with one attached hydrogen (secondary N) is 3. The molecule has 1 aromatic heterocycles. The number of hydrogen-bond donors (Lipinski definition) is 3. The molecule has 0 aliphatic rings. The van der Waals surface area contributed by atoms with Gasteiger partial charge in [-0.15, -0.1) is 0 Å². The Bertz CT molecular complexity index is 923. The predicted octanol–water partition coefficient (Wildman–Crippen LogP) is 4.38. The number of anilines is 3. The van der Waals surface area contributed by atoms with E-state index in [9.17, 15) is 9.59 Å². The number of nitrogens with zero attached hydrogens (tertiary/aromatic N) is 1. The summed E-state index contributed by atoms with van der Waals surface area (Å²) in [5.41, 5.74) is 2.65. The van der Waals surface area contributed by atoms with Crippen molar-refractivity contribution in [1.82, 2.24) is 4.98 Å². The highest BCUT2D eigenvalue weighted by Crippen LogP contribution is 2.14. The zero-order chi connectivity index (χ0) is 18.9. The van der Waals surface area contributed by atoms with Crippen LogP contribution in [0.1, 0.15) is 5.69 Å². The normalized spacial score (nSPS) is 10.4. The molecule has 0 atom stereocenters. The number of benzene rings is 2. The zero-order valence-electron chi connectivity index (χ0n) is 14.4. The van der Waals surface area contributed by atoms with Crippen molar-refractivity contribution in [2.45, 2.75) is 0 Å².